The molecule has 1 aromatic heterocycles. The van der Waals surface area contributed by atoms with E-state index in [4.69, 9.17) is 16.3 Å². The van der Waals surface area contributed by atoms with E-state index in [0.29, 0.717) is 11.8 Å². The van der Waals surface area contributed by atoms with Gasteiger partial charge in [0.05, 0.1) is 6.61 Å². The predicted octanol–water partition coefficient (Wildman–Crippen LogP) is 3.86. The molecule has 78 valence electrons. The molecule has 2 aromatic rings. The molecule has 1 heterocycles. The van der Waals surface area contributed by atoms with Gasteiger partial charge in [-0.25, -0.2) is 4.98 Å². The van der Waals surface area contributed by atoms with Crippen LogP contribution in [-0.4, -0.2) is 11.6 Å². The summed E-state index contributed by atoms with van der Waals surface area (Å²) in [7, 11) is 0. The van der Waals surface area contributed by atoms with E-state index in [2.05, 4.69) is 4.98 Å². The zero-order chi connectivity index (χ0) is 10.7. The maximum Gasteiger partial charge on any atom is 0.140 e. The van der Waals surface area contributed by atoms with Crippen LogP contribution in [0.1, 0.15) is 6.92 Å². The van der Waals surface area contributed by atoms with Crippen LogP contribution in [0.4, 0.5) is 0 Å². The smallest absolute Gasteiger partial charge is 0.140 e. The minimum Gasteiger partial charge on any atom is -0.494 e. The van der Waals surface area contributed by atoms with Crippen LogP contribution in [0.3, 0.4) is 0 Å². The van der Waals surface area contributed by atoms with Crippen molar-refractivity contribution in [2.24, 2.45) is 0 Å². The van der Waals surface area contributed by atoms with Gasteiger partial charge in [-0.15, -0.1) is 11.3 Å². The lowest BCUT2D eigenvalue weighted by Gasteiger charge is -2.02. The van der Waals surface area contributed by atoms with Gasteiger partial charge in [-0.3, -0.25) is 0 Å². The highest BCUT2D eigenvalue weighted by Gasteiger charge is 2.03. The van der Waals surface area contributed by atoms with Gasteiger partial charge >= 0.3 is 0 Å². The number of aromatic nitrogens is 1. The summed E-state index contributed by atoms with van der Waals surface area (Å²) in [4.78, 5) is 4.20. The van der Waals surface area contributed by atoms with E-state index in [-0.39, 0.29) is 0 Å². The minimum absolute atomic E-state index is 0.545. The van der Waals surface area contributed by atoms with Crippen molar-refractivity contribution < 1.29 is 4.74 Å². The number of thiazole rings is 1. The third kappa shape index (κ3) is 2.49. The van der Waals surface area contributed by atoms with Crippen molar-refractivity contribution in [2.75, 3.05) is 6.61 Å². The van der Waals surface area contributed by atoms with E-state index in [9.17, 15) is 0 Å². The van der Waals surface area contributed by atoms with Crippen molar-refractivity contribution in [1.82, 2.24) is 4.98 Å². The van der Waals surface area contributed by atoms with Crippen LogP contribution >= 0.6 is 22.9 Å². The molecule has 2 nitrogen and oxygen atoms in total. The van der Waals surface area contributed by atoms with Crippen LogP contribution < -0.4 is 4.74 Å². The van der Waals surface area contributed by atoms with Crippen LogP contribution in [-0.2, 0) is 0 Å². The highest BCUT2D eigenvalue weighted by Crippen LogP contribution is 2.27. The van der Waals surface area contributed by atoms with Crippen LogP contribution in [0.25, 0.3) is 10.6 Å². The first-order valence-corrected chi connectivity index (χ1v) is 5.89. The average Bonchev–Trinajstić information content (AvgIpc) is 2.67. The molecule has 4 heteroatoms. The first-order chi connectivity index (χ1) is 7.29. The molecule has 2 rings (SSSR count). The lowest BCUT2D eigenvalue weighted by Crippen LogP contribution is -1.90. The van der Waals surface area contributed by atoms with Crippen LogP contribution in [0.15, 0.2) is 29.6 Å². The van der Waals surface area contributed by atoms with Gasteiger partial charge < -0.3 is 4.74 Å². The molecule has 0 atom stereocenters. The number of rotatable bonds is 3. The number of halogens is 1. The van der Waals surface area contributed by atoms with Crippen molar-refractivity contribution in [3.8, 4) is 16.3 Å². The Balaban J connectivity index is 2.23. The molecule has 0 N–H and O–H groups in total. The summed E-state index contributed by atoms with van der Waals surface area (Å²) in [6.45, 7) is 2.65. The largest absolute Gasteiger partial charge is 0.494 e. The zero-order valence-electron chi connectivity index (χ0n) is 8.24. The second-order valence-electron chi connectivity index (χ2n) is 2.93. The summed E-state index contributed by atoms with van der Waals surface area (Å²) in [5, 5.41) is 3.31. The third-order valence-corrected chi connectivity index (χ3v) is 3.10. The zero-order valence-corrected chi connectivity index (χ0v) is 9.81. The fourth-order valence-electron chi connectivity index (χ4n) is 1.25. The summed E-state index contributed by atoms with van der Waals surface area (Å²) in [6, 6.07) is 7.85. The highest BCUT2D eigenvalue weighted by atomic mass is 35.5. The molecule has 0 fully saturated rings. The average molecular weight is 240 g/mol. The van der Waals surface area contributed by atoms with Gasteiger partial charge in [-0.1, -0.05) is 11.6 Å². The van der Waals surface area contributed by atoms with Gasteiger partial charge in [0.25, 0.3) is 0 Å². The van der Waals surface area contributed by atoms with E-state index in [1.807, 2.05) is 36.6 Å². The lowest BCUT2D eigenvalue weighted by atomic mass is 10.2. The van der Waals surface area contributed by atoms with E-state index >= 15 is 0 Å². The second kappa shape index (κ2) is 4.64. The van der Waals surface area contributed by atoms with Crippen LogP contribution in [0, 0.1) is 0 Å². The van der Waals surface area contributed by atoms with E-state index < -0.39 is 0 Å². The topological polar surface area (TPSA) is 22.1 Å². The first kappa shape index (κ1) is 10.5. The highest BCUT2D eigenvalue weighted by molar-refractivity contribution is 7.13. The van der Waals surface area contributed by atoms with Crippen molar-refractivity contribution in [1.29, 1.82) is 0 Å². The normalized spacial score (nSPS) is 10.3. The standard InChI is InChI=1S/C11H10ClNOS/c1-2-14-9-5-3-8(4-6-9)11-13-10(12)7-15-11/h3-7H,2H2,1H3. The minimum atomic E-state index is 0.545. The van der Waals surface area contributed by atoms with Gasteiger partial charge in [0.2, 0.25) is 0 Å². The summed E-state index contributed by atoms with van der Waals surface area (Å²) in [5.41, 5.74) is 1.07. The van der Waals surface area contributed by atoms with Crippen LogP contribution in [0.2, 0.25) is 5.15 Å². The quantitative estimate of drug-likeness (QED) is 0.812. The first-order valence-electron chi connectivity index (χ1n) is 4.64. The summed E-state index contributed by atoms with van der Waals surface area (Å²) in [6.07, 6.45) is 0. The molecule has 0 radical (unpaired) electrons. The molecule has 0 aliphatic rings. The fourth-order valence-corrected chi connectivity index (χ4v) is 2.20. The maximum absolute atomic E-state index is 5.77. The molecule has 0 saturated carbocycles. The van der Waals surface area contributed by atoms with Crippen molar-refractivity contribution in [3.05, 3.63) is 34.8 Å². The Bertz CT molecular complexity index is 438. The van der Waals surface area contributed by atoms with Crippen molar-refractivity contribution >= 4 is 22.9 Å². The molecule has 0 spiro atoms. The van der Waals surface area contributed by atoms with E-state index in [1.54, 1.807) is 0 Å². The molecule has 0 saturated heterocycles. The molecule has 15 heavy (non-hydrogen) atoms. The lowest BCUT2D eigenvalue weighted by molar-refractivity contribution is 0.340. The van der Waals surface area contributed by atoms with Gasteiger partial charge in [-0.2, -0.15) is 0 Å². The van der Waals surface area contributed by atoms with E-state index in [1.165, 1.54) is 11.3 Å². The Labute approximate surface area is 97.5 Å². The number of ether oxygens (including phenoxy) is 1. The Hall–Kier alpha value is -1.06. The number of hydrogen-bond acceptors (Lipinski definition) is 3. The summed E-state index contributed by atoms with van der Waals surface area (Å²) >= 11 is 7.30. The summed E-state index contributed by atoms with van der Waals surface area (Å²) in [5.74, 6) is 0.879. The second-order valence-corrected chi connectivity index (χ2v) is 4.18. The predicted molar refractivity (Wildman–Crippen MR) is 63.7 cm³/mol. The van der Waals surface area contributed by atoms with Crippen molar-refractivity contribution in [3.63, 3.8) is 0 Å². The molecule has 0 aliphatic heterocycles. The SMILES string of the molecule is CCOc1ccc(-c2nc(Cl)cs2)cc1. The third-order valence-electron chi connectivity index (χ3n) is 1.89. The molecule has 0 aliphatic carbocycles. The Kier molecular flexibility index (Phi) is 3.23. The van der Waals surface area contributed by atoms with Crippen molar-refractivity contribution in [2.45, 2.75) is 6.92 Å². The monoisotopic (exact) mass is 239 g/mol. The Morgan fingerprint density at radius 1 is 1.33 bits per heavy atom. The number of benzene rings is 1. The number of hydrogen-bond donors (Lipinski definition) is 0. The molecule has 0 amide bonds. The number of nitrogens with zero attached hydrogens (tertiary/aromatic N) is 1. The molecular weight excluding hydrogens is 230 g/mol. The summed E-state index contributed by atoms with van der Waals surface area (Å²) < 4.78 is 5.36. The Morgan fingerprint density at radius 2 is 2.07 bits per heavy atom. The maximum atomic E-state index is 5.77. The van der Waals surface area contributed by atoms with E-state index in [0.717, 1.165) is 16.3 Å². The van der Waals surface area contributed by atoms with Gasteiger partial charge in [0, 0.05) is 10.9 Å². The van der Waals surface area contributed by atoms with Gasteiger partial charge in [0.15, 0.2) is 0 Å². The van der Waals surface area contributed by atoms with Gasteiger partial charge in [-0.05, 0) is 31.2 Å². The fraction of sp³-hybridized carbons (Fsp3) is 0.182. The molecular formula is C11H10ClNOS. The van der Waals surface area contributed by atoms with Gasteiger partial charge in [0.1, 0.15) is 15.9 Å². The van der Waals surface area contributed by atoms with Crippen LogP contribution in [0.5, 0.6) is 5.75 Å². The molecule has 1 aromatic carbocycles. The molecule has 0 unspecified atom stereocenters. The molecule has 0 bridgehead atoms. The Morgan fingerprint density at radius 3 is 2.60 bits per heavy atom.